The molecule has 0 bridgehead atoms. The van der Waals surface area contributed by atoms with E-state index in [1.54, 1.807) is 12.1 Å². The molecule has 48 heavy (non-hydrogen) atoms. The Labute approximate surface area is 284 Å². The van der Waals surface area contributed by atoms with Crippen LogP contribution in [-0.2, 0) is 44.7 Å². The van der Waals surface area contributed by atoms with E-state index in [0.29, 0.717) is 76.9 Å². The predicted octanol–water partition coefficient (Wildman–Crippen LogP) is 3.36. The molecule has 1 saturated carbocycles. The minimum atomic E-state index is -0.182. The first-order valence-electron chi connectivity index (χ1n) is 17.5. The lowest BCUT2D eigenvalue weighted by atomic mass is 9.82. The smallest absolute Gasteiger partial charge is 0.233 e. The molecule has 5 amide bonds. The summed E-state index contributed by atoms with van der Waals surface area (Å²) in [7, 11) is 0. The van der Waals surface area contributed by atoms with Crippen molar-refractivity contribution in [3.63, 3.8) is 0 Å². The van der Waals surface area contributed by atoms with Gasteiger partial charge in [0, 0.05) is 50.0 Å². The van der Waals surface area contributed by atoms with Crippen LogP contribution in [0.15, 0.2) is 24.3 Å². The lowest BCUT2D eigenvalue weighted by molar-refractivity contribution is -0.152. The number of ether oxygens (including phenoxy) is 2. The van der Waals surface area contributed by atoms with Gasteiger partial charge in [0.1, 0.15) is 6.29 Å². The van der Waals surface area contributed by atoms with Gasteiger partial charge in [-0.25, -0.2) is 0 Å². The molecule has 3 atom stereocenters. The van der Waals surface area contributed by atoms with Gasteiger partial charge in [0.05, 0.1) is 38.8 Å². The number of imide groups is 2. The molecule has 3 unspecified atom stereocenters. The Morgan fingerprint density at radius 2 is 1.65 bits per heavy atom. The first kappa shape index (κ1) is 39.0. The summed E-state index contributed by atoms with van der Waals surface area (Å²) in [6, 6.07) is 7.33. The third-order valence-corrected chi connectivity index (χ3v) is 9.65. The van der Waals surface area contributed by atoms with Crippen molar-refractivity contribution in [1.82, 2.24) is 9.80 Å². The van der Waals surface area contributed by atoms with Crippen LogP contribution in [0.5, 0.6) is 0 Å². The zero-order valence-electron chi connectivity index (χ0n) is 28.8. The molecule has 266 valence electrons. The van der Waals surface area contributed by atoms with Crippen molar-refractivity contribution in [2.75, 3.05) is 51.4 Å². The molecule has 3 N–H and O–H groups in total. The summed E-state index contributed by atoms with van der Waals surface area (Å²) in [5.74, 6) is 0.163. The Morgan fingerprint density at radius 1 is 0.979 bits per heavy atom. The number of nitrogens with zero attached hydrogens (tertiary/aromatic N) is 2. The van der Waals surface area contributed by atoms with Crippen LogP contribution in [0.2, 0.25) is 0 Å². The summed E-state index contributed by atoms with van der Waals surface area (Å²) in [5.41, 5.74) is 6.97. The molecule has 12 heteroatoms. The number of nitrogens with two attached hydrogens (primary N) is 1. The van der Waals surface area contributed by atoms with E-state index in [2.05, 4.69) is 19.2 Å². The van der Waals surface area contributed by atoms with Gasteiger partial charge in [-0.3, -0.25) is 33.8 Å². The van der Waals surface area contributed by atoms with Gasteiger partial charge in [0.25, 0.3) is 0 Å². The third kappa shape index (κ3) is 11.6. The molecule has 3 aliphatic rings. The highest BCUT2D eigenvalue weighted by Gasteiger charge is 2.47. The van der Waals surface area contributed by atoms with E-state index in [-0.39, 0.29) is 59.6 Å². The molecule has 12 nitrogen and oxygen atoms in total. The largest absolute Gasteiger partial charge is 0.379 e. The summed E-state index contributed by atoms with van der Waals surface area (Å²) in [5, 5.41) is 2.80. The SMILES string of the molecule is CCC(C)C1C(=O)N(CC2CCC(C=O)CC2)C(=O)C1C.NCCOCCOCCC(=O)Nc1ccc(CCC(=O)N2CCC2=O)cc1. The van der Waals surface area contributed by atoms with Gasteiger partial charge < -0.3 is 25.3 Å². The maximum absolute atomic E-state index is 12.6. The van der Waals surface area contributed by atoms with Crippen LogP contribution in [-0.4, -0.2) is 91.7 Å². The second kappa shape index (κ2) is 20.1. The molecule has 2 heterocycles. The molecule has 2 aliphatic heterocycles. The van der Waals surface area contributed by atoms with Crippen LogP contribution < -0.4 is 11.1 Å². The van der Waals surface area contributed by atoms with E-state index in [0.717, 1.165) is 44.0 Å². The van der Waals surface area contributed by atoms with Gasteiger partial charge >= 0.3 is 0 Å². The van der Waals surface area contributed by atoms with E-state index in [9.17, 15) is 28.8 Å². The van der Waals surface area contributed by atoms with Crippen molar-refractivity contribution in [1.29, 1.82) is 0 Å². The molecule has 0 aromatic heterocycles. The Hall–Kier alpha value is -3.48. The van der Waals surface area contributed by atoms with Crippen molar-refractivity contribution in [2.45, 2.75) is 78.6 Å². The van der Waals surface area contributed by atoms with Gasteiger partial charge in [0.2, 0.25) is 29.5 Å². The maximum atomic E-state index is 12.6. The molecular weight excluding hydrogens is 616 g/mol. The van der Waals surface area contributed by atoms with Crippen LogP contribution in [0.1, 0.15) is 77.7 Å². The summed E-state index contributed by atoms with van der Waals surface area (Å²) in [6.07, 6.45) is 7.26. The second-order valence-electron chi connectivity index (χ2n) is 13.1. The predicted molar refractivity (Wildman–Crippen MR) is 180 cm³/mol. The van der Waals surface area contributed by atoms with Crippen molar-refractivity contribution in [3.8, 4) is 0 Å². The molecule has 0 spiro atoms. The quantitative estimate of drug-likeness (QED) is 0.109. The number of rotatable bonds is 17. The number of nitrogens with one attached hydrogen (secondary N) is 1. The van der Waals surface area contributed by atoms with E-state index >= 15 is 0 Å². The summed E-state index contributed by atoms with van der Waals surface area (Å²) >= 11 is 0. The Bertz CT molecular complexity index is 1230. The summed E-state index contributed by atoms with van der Waals surface area (Å²) in [4.78, 5) is 73.5. The molecule has 1 aromatic rings. The fraction of sp³-hybridized carbons (Fsp3) is 0.667. The van der Waals surface area contributed by atoms with Gasteiger partial charge in [-0.1, -0.05) is 39.3 Å². The zero-order valence-corrected chi connectivity index (χ0v) is 28.8. The number of benzene rings is 1. The number of aryl methyl sites for hydroxylation is 1. The number of hydrogen-bond donors (Lipinski definition) is 2. The Balaban J connectivity index is 0.000000269. The second-order valence-corrected chi connectivity index (χ2v) is 13.1. The van der Waals surface area contributed by atoms with E-state index in [4.69, 9.17) is 15.2 Å². The maximum Gasteiger partial charge on any atom is 0.233 e. The number of carbonyl (C=O) groups is 6. The Morgan fingerprint density at radius 3 is 2.21 bits per heavy atom. The van der Waals surface area contributed by atoms with Crippen molar-refractivity contribution >= 4 is 41.5 Å². The lowest BCUT2D eigenvalue weighted by Crippen LogP contribution is -2.47. The van der Waals surface area contributed by atoms with Crippen LogP contribution in [0.3, 0.4) is 0 Å². The lowest BCUT2D eigenvalue weighted by Gasteiger charge is -2.28. The average molecular weight is 671 g/mol. The highest BCUT2D eigenvalue weighted by molar-refractivity contribution is 6.05. The molecular formula is C36H54N4O8. The number of amides is 5. The molecule has 4 rings (SSSR count). The fourth-order valence-corrected chi connectivity index (χ4v) is 6.35. The van der Waals surface area contributed by atoms with Gasteiger partial charge in [-0.2, -0.15) is 0 Å². The van der Waals surface area contributed by atoms with Gasteiger partial charge in [0.15, 0.2) is 0 Å². The van der Waals surface area contributed by atoms with E-state index < -0.39 is 0 Å². The summed E-state index contributed by atoms with van der Waals surface area (Å²) < 4.78 is 10.5. The number of hydrogen-bond acceptors (Lipinski definition) is 9. The average Bonchev–Trinajstić information content (AvgIpc) is 3.29. The third-order valence-electron chi connectivity index (χ3n) is 9.65. The minimum absolute atomic E-state index is 0.00260. The summed E-state index contributed by atoms with van der Waals surface area (Å²) in [6.45, 7) is 9.32. The first-order chi connectivity index (χ1) is 23.1. The molecule has 1 aliphatic carbocycles. The van der Waals surface area contributed by atoms with Crippen LogP contribution in [0.25, 0.3) is 0 Å². The number of aldehydes is 1. The number of carbonyl (C=O) groups excluding carboxylic acids is 6. The number of likely N-dealkylation sites (tertiary alicyclic amines) is 2. The molecule has 1 aromatic carbocycles. The molecule has 0 radical (unpaired) electrons. The van der Waals surface area contributed by atoms with Crippen LogP contribution in [0, 0.1) is 29.6 Å². The monoisotopic (exact) mass is 670 g/mol. The minimum Gasteiger partial charge on any atom is -0.379 e. The van der Waals surface area contributed by atoms with Crippen LogP contribution >= 0.6 is 0 Å². The number of anilines is 1. The fourth-order valence-electron chi connectivity index (χ4n) is 6.35. The normalized spacial score (nSPS) is 22.9. The highest BCUT2D eigenvalue weighted by atomic mass is 16.5. The Kier molecular flexibility index (Phi) is 16.3. The van der Waals surface area contributed by atoms with Crippen molar-refractivity contribution in [3.05, 3.63) is 29.8 Å². The molecule has 3 fully saturated rings. The van der Waals surface area contributed by atoms with Crippen molar-refractivity contribution in [2.24, 2.45) is 35.3 Å². The van der Waals surface area contributed by atoms with Crippen LogP contribution in [0.4, 0.5) is 5.69 Å². The van der Waals surface area contributed by atoms with Crippen molar-refractivity contribution < 1.29 is 38.2 Å². The highest BCUT2D eigenvalue weighted by Crippen LogP contribution is 2.36. The van der Waals surface area contributed by atoms with Gasteiger partial charge in [-0.05, 0) is 61.6 Å². The molecule has 2 saturated heterocycles. The van der Waals surface area contributed by atoms with E-state index in [1.807, 2.05) is 19.1 Å². The standard InChI is InChI=1S/C19H27N3O5.C17H27NO3/c20-9-12-27-14-13-26-11-8-17(23)21-16-4-1-15(2-5-16)3-6-18(24)22-10-7-19(22)25;1-4-11(2)15-12(3)16(20)18(17(15)21)9-13-5-7-14(10-19)8-6-13/h1-2,4-5H,3,6-14,20H2,(H,21,23);10-15H,4-9H2,1-3H3. The topological polar surface area (TPSA) is 165 Å². The van der Waals surface area contributed by atoms with E-state index in [1.165, 1.54) is 9.80 Å². The first-order valence-corrected chi connectivity index (χ1v) is 17.5. The zero-order chi connectivity index (χ0) is 35.1. The number of β-lactam (4-membered cyclic amide) rings is 1. The van der Waals surface area contributed by atoms with Gasteiger partial charge in [-0.15, -0.1) is 0 Å².